The molecule has 1 atom stereocenters. The summed E-state index contributed by atoms with van der Waals surface area (Å²) in [6.45, 7) is 1.89. The molecular formula is C19H16ClN3O2. The van der Waals surface area contributed by atoms with E-state index in [1.807, 2.05) is 29.7 Å². The third kappa shape index (κ3) is 2.50. The monoisotopic (exact) mass is 353 g/mol. The molecule has 2 aliphatic rings. The van der Waals surface area contributed by atoms with Crippen molar-refractivity contribution < 1.29 is 4.74 Å². The molecule has 0 saturated heterocycles. The number of nitrogens with two attached hydrogens (primary N) is 1. The van der Waals surface area contributed by atoms with E-state index in [9.17, 15) is 10.1 Å². The first-order valence-electron chi connectivity index (χ1n) is 8.10. The van der Waals surface area contributed by atoms with Gasteiger partial charge in [-0.15, -0.1) is 0 Å². The lowest BCUT2D eigenvalue weighted by Gasteiger charge is -2.27. The summed E-state index contributed by atoms with van der Waals surface area (Å²) in [5.41, 5.74) is 8.20. The molecule has 1 aliphatic carbocycles. The standard InChI is InChI=1S/C19H16ClN3O2/c1-10-8-15-17(19(24)23(10)13-6-7-13)16(14(9-21)18(22)25-15)11-2-4-12(20)5-3-11/h2-5,8,13,16H,6-7,22H2,1H3/t16-/m0/s1. The second kappa shape index (κ2) is 5.68. The lowest BCUT2D eigenvalue weighted by atomic mass is 9.84. The van der Waals surface area contributed by atoms with E-state index in [2.05, 4.69) is 6.07 Å². The van der Waals surface area contributed by atoms with Crippen molar-refractivity contribution in [2.75, 3.05) is 0 Å². The Kier molecular flexibility index (Phi) is 3.59. The lowest BCUT2D eigenvalue weighted by Crippen LogP contribution is -2.32. The minimum atomic E-state index is -0.552. The van der Waals surface area contributed by atoms with Crippen LogP contribution in [0.5, 0.6) is 5.75 Å². The van der Waals surface area contributed by atoms with Crippen LogP contribution in [0.2, 0.25) is 5.02 Å². The zero-order valence-corrected chi connectivity index (χ0v) is 14.4. The van der Waals surface area contributed by atoms with Crippen molar-refractivity contribution in [1.29, 1.82) is 5.26 Å². The zero-order chi connectivity index (χ0) is 17.7. The number of halogens is 1. The van der Waals surface area contributed by atoms with Gasteiger partial charge >= 0.3 is 0 Å². The van der Waals surface area contributed by atoms with Crippen LogP contribution in [-0.4, -0.2) is 4.57 Å². The van der Waals surface area contributed by atoms with Crippen LogP contribution in [0.4, 0.5) is 0 Å². The molecule has 0 radical (unpaired) electrons. The van der Waals surface area contributed by atoms with Gasteiger partial charge in [-0.05, 0) is 37.5 Å². The maximum Gasteiger partial charge on any atom is 0.258 e. The first-order chi connectivity index (χ1) is 12.0. The quantitative estimate of drug-likeness (QED) is 0.897. The molecule has 0 spiro atoms. The van der Waals surface area contributed by atoms with Crippen molar-refractivity contribution in [3.8, 4) is 11.8 Å². The minimum Gasteiger partial charge on any atom is -0.440 e. The highest BCUT2D eigenvalue weighted by atomic mass is 35.5. The summed E-state index contributed by atoms with van der Waals surface area (Å²) in [7, 11) is 0. The Morgan fingerprint density at radius 3 is 2.60 bits per heavy atom. The smallest absolute Gasteiger partial charge is 0.258 e. The van der Waals surface area contributed by atoms with Crippen molar-refractivity contribution in [1.82, 2.24) is 4.57 Å². The molecule has 1 saturated carbocycles. The summed E-state index contributed by atoms with van der Waals surface area (Å²) in [6, 6.07) is 11.3. The number of rotatable bonds is 2. The third-order valence-corrected chi connectivity index (χ3v) is 4.99. The fourth-order valence-corrected chi connectivity index (χ4v) is 3.56. The average Bonchev–Trinajstić information content (AvgIpc) is 3.39. The van der Waals surface area contributed by atoms with Crippen molar-refractivity contribution >= 4 is 11.6 Å². The summed E-state index contributed by atoms with van der Waals surface area (Å²) in [6.07, 6.45) is 1.99. The van der Waals surface area contributed by atoms with E-state index in [1.165, 1.54) is 0 Å². The van der Waals surface area contributed by atoms with Gasteiger partial charge in [0.15, 0.2) is 0 Å². The predicted octanol–water partition coefficient (Wildman–Crippen LogP) is 3.36. The van der Waals surface area contributed by atoms with Gasteiger partial charge in [0, 0.05) is 22.8 Å². The van der Waals surface area contributed by atoms with E-state index in [0.29, 0.717) is 16.3 Å². The highest BCUT2D eigenvalue weighted by molar-refractivity contribution is 6.30. The van der Waals surface area contributed by atoms with Crippen LogP contribution in [0.25, 0.3) is 0 Å². The van der Waals surface area contributed by atoms with Crippen LogP contribution in [0.15, 0.2) is 46.6 Å². The van der Waals surface area contributed by atoms with Crippen molar-refractivity contribution in [2.24, 2.45) is 5.73 Å². The molecule has 0 unspecified atom stereocenters. The van der Waals surface area contributed by atoms with E-state index < -0.39 is 5.92 Å². The second-order valence-electron chi connectivity index (χ2n) is 6.45. The Labute approximate surface area is 149 Å². The average molecular weight is 354 g/mol. The molecular weight excluding hydrogens is 338 g/mol. The van der Waals surface area contributed by atoms with Crippen LogP contribution in [0, 0.1) is 18.3 Å². The number of nitrogens with zero attached hydrogens (tertiary/aromatic N) is 2. The molecule has 0 bridgehead atoms. The van der Waals surface area contributed by atoms with Gasteiger partial charge in [-0.2, -0.15) is 5.26 Å². The molecule has 2 N–H and O–H groups in total. The highest BCUT2D eigenvalue weighted by Crippen LogP contribution is 2.42. The van der Waals surface area contributed by atoms with Crippen molar-refractivity contribution in [2.45, 2.75) is 31.7 Å². The number of aryl methyl sites for hydroxylation is 1. The van der Waals surface area contributed by atoms with E-state index in [1.54, 1.807) is 12.1 Å². The van der Waals surface area contributed by atoms with E-state index >= 15 is 0 Å². The molecule has 2 heterocycles. The molecule has 2 aromatic rings. The van der Waals surface area contributed by atoms with Crippen LogP contribution in [0.1, 0.15) is 41.6 Å². The molecule has 1 aromatic carbocycles. The number of pyridine rings is 1. The van der Waals surface area contributed by atoms with Gasteiger partial charge in [-0.1, -0.05) is 23.7 Å². The largest absolute Gasteiger partial charge is 0.440 e. The highest BCUT2D eigenvalue weighted by Gasteiger charge is 2.36. The number of hydrogen-bond acceptors (Lipinski definition) is 4. The Hall–Kier alpha value is -2.71. The van der Waals surface area contributed by atoms with Crippen molar-refractivity contribution in [3.63, 3.8) is 0 Å². The van der Waals surface area contributed by atoms with E-state index in [-0.39, 0.29) is 23.1 Å². The maximum atomic E-state index is 13.2. The SMILES string of the molecule is Cc1cc2c(c(=O)n1C1CC1)[C@@H](c1ccc(Cl)cc1)C(C#N)=C(N)O2. The van der Waals surface area contributed by atoms with Gasteiger partial charge in [0.25, 0.3) is 5.56 Å². The number of ether oxygens (including phenoxy) is 1. The fraction of sp³-hybridized carbons (Fsp3) is 0.263. The number of nitriles is 1. The summed E-state index contributed by atoms with van der Waals surface area (Å²) in [5, 5.41) is 10.2. The first-order valence-corrected chi connectivity index (χ1v) is 8.48. The molecule has 4 rings (SSSR count). The van der Waals surface area contributed by atoms with E-state index in [4.69, 9.17) is 22.1 Å². The number of hydrogen-bond donors (Lipinski definition) is 1. The van der Waals surface area contributed by atoms with Crippen LogP contribution in [0.3, 0.4) is 0 Å². The second-order valence-corrected chi connectivity index (χ2v) is 6.88. The van der Waals surface area contributed by atoms with Gasteiger partial charge in [0.05, 0.1) is 11.5 Å². The van der Waals surface area contributed by atoms with Gasteiger partial charge in [-0.3, -0.25) is 4.79 Å². The summed E-state index contributed by atoms with van der Waals surface area (Å²) in [5.74, 6) is -0.0853. The summed E-state index contributed by atoms with van der Waals surface area (Å²) < 4.78 is 7.43. The molecule has 6 heteroatoms. The Bertz CT molecular complexity index is 995. The number of aromatic nitrogens is 1. The Morgan fingerprint density at radius 1 is 1.32 bits per heavy atom. The molecule has 126 valence electrons. The van der Waals surface area contributed by atoms with Gasteiger partial charge in [0.2, 0.25) is 5.88 Å². The van der Waals surface area contributed by atoms with Crippen LogP contribution >= 0.6 is 11.6 Å². The molecule has 1 aromatic heterocycles. The van der Waals surface area contributed by atoms with Crippen LogP contribution < -0.4 is 16.0 Å². The topological polar surface area (TPSA) is 81.0 Å². The van der Waals surface area contributed by atoms with Gasteiger partial charge < -0.3 is 15.0 Å². The first kappa shape index (κ1) is 15.8. The van der Waals surface area contributed by atoms with Crippen molar-refractivity contribution in [3.05, 3.63) is 74.0 Å². The third-order valence-electron chi connectivity index (χ3n) is 4.73. The number of fused-ring (bicyclic) bond motifs is 1. The number of allylic oxidation sites excluding steroid dienone is 1. The van der Waals surface area contributed by atoms with Gasteiger partial charge in [0.1, 0.15) is 17.4 Å². The fourth-order valence-electron chi connectivity index (χ4n) is 3.44. The Morgan fingerprint density at radius 2 is 2.00 bits per heavy atom. The van der Waals surface area contributed by atoms with E-state index in [0.717, 1.165) is 24.1 Å². The molecule has 0 amide bonds. The Balaban J connectivity index is 2.00. The summed E-state index contributed by atoms with van der Waals surface area (Å²) in [4.78, 5) is 13.2. The van der Waals surface area contributed by atoms with Gasteiger partial charge in [-0.25, -0.2) is 0 Å². The predicted molar refractivity (Wildman–Crippen MR) is 94.5 cm³/mol. The minimum absolute atomic E-state index is 0.0397. The molecule has 1 fully saturated rings. The van der Waals surface area contributed by atoms with Crippen LogP contribution in [-0.2, 0) is 0 Å². The summed E-state index contributed by atoms with van der Waals surface area (Å²) >= 11 is 5.98. The number of benzene rings is 1. The normalized spacial score (nSPS) is 19.2. The maximum absolute atomic E-state index is 13.2. The molecule has 25 heavy (non-hydrogen) atoms. The molecule has 5 nitrogen and oxygen atoms in total. The zero-order valence-electron chi connectivity index (χ0n) is 13.6. The lowest BCUT2D eigenvalue weighted by molar-refractivity contribution is 0.388. The molecule has 1 aliphatic heterocycles.